The molecule has 40 heavy (non-hydrogen) atoms. The molecule has 7 N–H and O–H groups in total. The topological polar surface area (TPSA) is 139 Å². The minimum absolute atomic E-state index is 0.520. The van der Waals surface area contributed by atoms with Crippen molar-refractivity contribution in [2.45, 2.75) is 70.6 Å². The van der Waals surface area contributed by atoms with Gasteiger partial charge in [-0.1, -0.05) is 92.7 Å². The van der Waals surface area contributed by atoms with Crippen LogP contribution in [0, 0.1) is 0 Å². The number of hydrogen-bond acceptors (Lipinski definition) is 5. The van der Waals surface area contributed by atoms with Crippen LogP contribution in [0.1, 0.15) is 57.4 Å². The van der Waals surface area contributed by atoms with Gasteiger partial charge in [0.25, 0.3) is 0 Å². The van der Waals surface area contributed by atoms with E-state index < -0.39 is 24.2 Å². The van der Waals surface area contributed by atoms with Crippen molar-refractivity contribution in [2.24, 2.45) is 11.5 Å². The highest BCUT2D eigenvalue weighted by Gasteiger charge is 2.38. The molecule has 11 heteroatoms. The molecule has 0 unspecified atom stereocenters. The van der Waals surface area contributed by atoms with Gasteiger partial charge in [-0.2, -0.15) is 13.2 Å². The highest BCUT2D eigenvalue weighted by Crippen LogP contribution is 2.35. The molecule has 0 aromatic heterocycles. The largest absolute Gasteiger partial charge is 0.490 e. The Balaban J connectivity index is 0.000000390. The molecular weight excluding hydrogens is 547 g/mol. The second-order valence-electron chi connectivity index (χ2n) is 9.15. The minimum atomic E-state index is -5.08. The maximum absolute atomic E-state index is 10.6. The van der Waals surface area contributed by atoms with Crippen LogP contribution in [0.15, 0.2) is 48.5 Å². The normalized spacial score (nSPS) is 11.8. The monoisotopic (exact) mass is 585 g/mol. The van der Waals surface area contributed by atoms with E-state index in [-0.39, 0.29) is 0 Å². The van der Waals surface area contributed by atoms with Crippen LogP contribution >= 0.6 is 11.6 Å². The summed E-state index contributed by atoms with van der Waals surface area (Å²) in [5.41, 5.74) is 11.8. The van der Waals surface area contributed by atoms with Crippen molar-refractivity contribution in [1.29, 1.82) is 0 Å². The number of carboxylic acid groups (broad SMARTS) is 2. The van der Waals surface area contributed by atoms with Crippen LogP contribution in [0.2, 0.25) is 5.02 Å². The second-order valence-corrected chi connectivity index (χ2v) is 9.53. The van der Waals surface area contributed by atoms with E-state index in [1.807, 2.05) is 0 Å². The zero-order chi connectivity index (χ0) is 30.1. The molecule has 0 bridgehead atoms. The lowest BCUT2D eigenvalue weighted by atomic mass is 9.96. The average molecular weight is 586 g/mol. The Morgan fingerprint density at radius 3 is 1.82 bits per heavy atom. The maximum Gasteiger partial charge on any atom is 0.490 e. The van der Waals surface area contributed by atoms with Gasteiger partial charge in [0, 0.05) is 17.3 Å². The van der Waals surface area contributed by atoms with Gasteiger partial charge < -0.3 is 27.0 Å². The average Bonchev–Trinajstić information content (AvgIpc) is 2.92. The van der Waals surface area contributed by atoms with E-state index in [1.54, 1.807) is 0 Å². The number of aliphatic carboxylic acids is 2. The fourth-order valence-electron chi connectivity index (χ4n) is 3.88. The summed E-state index contributed by atoms with van der Waals surface area (Å²) in [5, 5.41) is 24.8. The van der Waals surface area contributed by atoms with Gasteiger partial charge in [-0.3, -0.25) is 4.79 Å². The van der Waals surface area contributed by atoms with Crippen molar-refractivity contribution in [3.05, 3.63) is 59.1 Å². The highest BCUT2D eigenvalue weighted by molar-refractivity contribution is 6.41. The number of fused-ring (bicyclic) bond motifs is 2. The number of alkyl halides is 3. The lowest BCUT2D eigenvalue weighted by Gasteiger charge is -2.14. The fourth-order valence-corrected chi connectivity index (χ4v) is 4.21. The Labute approximate surface area is 237 Å². The standard InChI is InChI=1S/C21H24ClN.C6H14N2O2.C2HF3O2/c1-2-3-4-9-14-23-15-20-16-10-5-7-12-18(16)21(22)19-13-8-6-11-17(19)20;7-4-2-1-3-5(8)6(9)10;3-2(4,5)1(6)7/h5-8,10-13,23H,2-4,9,14-15H2,1H3;5H,1-4,7-8H2,(H,9,10);(H,6,7)/t;5-;/m.0./s1. The van der Waals surface area contributed by atoms with E-state index in [0.29, 0.717) is 13.0 Å². The van der Waals surface area contributed by atoms with Crippen molar-refractivity contribution >= 4 is 45.1 Å². The number of nitrogens with one attached hydrogen (secondary N) is 1. The Kier molecular flexibility index (Phi) is 16.2. The third-order valence-corrected chi connectivity index (χ3v) is 6.42. The number of benzene rings is 3. The van der Waals surface area contributed by atoms with Crippen LogP contribution in [-0.4, -0.2) is 47.5 Å². The zero-order valence-corrected chi connectivity index (χ0v) is 23.4. The number of nitrogens with two attached hydrogens (primary N) is 2. The third kappa shape index (κ3) is 12.1. The third-order valence-electron chi connectivity index (χ3n) is 6.02. The van der Waals surface area contributed by atoms with Gasteiger partial charge >= 0.3 is 18.1 Å². The van der Waals surface area contributed by atoms with Crippen LogP contribution in [-0.2, 0) is 16.1 Å². The summed E-state index contributed by atoms with van der Waals surface area (Å²) in [6.45, 7) is 4.82. The molecular formula is C29H39ClF3N3O4. The lowest BCUT2D eigenvalue weighted by molar-refractivity contribution is -0.192. The molecule has 3 rings (SSSR count). The molecule has 0 saturated carbocycles. The number of carboxylic acids is 2. The van der Waals surface area contributed by atoms with Crippen molar-refractivity contribution in [3.8, 4) is 0 Å². The van der Waals surface area contributed by atoms with E-state index in [2.05, 4.69) is 60.8 Å². The van der Waals surface area contributed by atoms with Crippen molar-refractivity contribution < 1.29 is 33.0 Å². The molecule has 0 spiro atoms. The molecule has 1 atom stereocenters. The van der Waals surface area contributed by atoms with E-state index in [9.17, 15) is 18.0 Å². The predicted molar refractivity (Wildman–Crippen MR) is 155 cm³/mol. The first-order chi connectivity index (χ1) is 18.9. The van der Waals surface area contributed by atoms with Crippen LogP contribution in [0.4, 0.5) is 13.2 Å². The summed E-state index contributed by atoms with van der Waals surface area (Å²) in [6, 6.07) is 16.2. The Morgan fingerprint density at radius 1 is 0.900 bits per heavy atom. The Bertz CT molecular complexity index is 1150. The minimum Gasteiger partial charge on any atom is -0.480 e. The van der Waals surface area contributed by atoms with Crippen molar-refractivity contribution in [3.63, 3.8) is 0 Å². The van der Waals surface area contributed by atoms with Crippen LogP contribution < -0.4 is 16.8 Å². The molecule has 0 saturated heterocycles. The van der Waals surface area contributed by atoms with Crippen LogP contribution in [0.25, 0.3) is 21.5 Å². The van der Waals surface area contributed by atoms with Gasteiger partial charge in [-0.25, -0.2) is 4.79 Å². The quantitative estimate of drug-likeness (QED) is 0.121. The van der Waals surface area contributed by atoms with Gasteiger partial charge in [0.15, 0.2) is 0 Å². The Hall–Kier alpha value is -2.92. The lowest BCUT2D eigenvalue weighted by Crippen LogP contribution is -2.29. The molecule has 3 aromatic rings. The summed E-state index contributed by atoms with van der Waals surface area (Å²) in [7, 11) is 0. The van der Waals surface area contributed by atoms with Gasteiger partial charge in [-0.05, 0) is 48.7 Å². The number of halogens is 4. The van der Waals surface area contributed by atoms with Crippen molar-refractivity contribution in [2.75, 3.05) is 13.1 Å². The molecule has 0 heterocycles. The number of hydrogen-bond donors (Lipinski definition) is 5. The van der Waals surface area contributed by atoms with Gasteiger partial charge in [0.2, 0.25) is 0 Å². The fraction of sp³-hybridized carbons (Fsp3) is 0.448. The van der Waals surface area contributed by atoms with Crippen molar-refractivity contribution in [1.82, 2.24) is 5.32 Å². The highest BCUT2D eigenvalue weighted by atomic mass is 35.5. The molecule has 222 valence electrons. The van der Waals surface area contributed by atoms with E-state index >= 15 is 0 Å². The second kappa shape index (κ2) is 18.4. The first kappa shape index (κ1) is 35.1. The van der Waals surface area contributed by atoms with Crippen LogP contribution in [0.5, 0.6) is 0 Å². The summed E-state index contributed by atoms with van der Waals surface area (Å²) in [4.78, 5) is 19.0. The smallest absolute Gasteiger partial charge is 0.480 e. The van der Waals surface area contributed by atoms with E-state index in [0.717, 1.165) is 41.7 Å². The molecule has 0 aliphatic carbocycles. The van der Waals surface area contributed by atoms with Crippen LogP contribution in [0.3, 0.4) is 0 Å². The number of unbranched alkanes of at least 4 members (excludes halogenated alkanes) is 4. The predicted octanol–water partition coefficient (Wildman–Crippen LogP) is 6.48. The van der Waals surface area contributed by atoms with Gasteiger partial charge in [-0.15, -0.1) is 0 Å². The molecule has 0 fully saturated rings. The molecule has 0 radical (unpaired) electrons. The SMILES string of the molecule is CCCCCCNCc1c2ccccc2c(Cl)c2ccccc12.NCCCC[C@H](N)C(=O)O.O=C(O)C(F)(F)F. The zero-order valence-electron chi connectivity index (χ0n) is 22.6. The molecule has 0 amide bonds. The van der Waals surface area contributed by atoms with E-state index in [4.69, 9.17) is 38.1 Å². The first-order valence-corrected chi connectivity index (χ1v) is 13.6. The maximum atomic E-state index is 10.6. The Morgan fingerprint density at radius 2 is 1.40 bits per heavy atom. The van der Waals surface area contributed by atoms with Gasteiger partial charge in [0.05, 0.1) is 5.02 Å². The molecule has 0 aliphatic rings. The number of carbonyl (C=O) groups is 2. The molecule has 3 aromatic carbocycles. The molecule has 0 aliphatic heterocycles. The summed E-state index contributed by atoms with van der Waals surface area (Å²) in [6.07, 6.45) is 2.25. The molecule has 7 nitrogen and oxygen atoms in total. The van der Waals surface area contributed by atoms with E-state index in [1.165, 1.54) is 42.0 Å². The summed E-state index contributed by atoms with van der Waals surface area (Å²) >= 11 is 6.64. The number of rotatable bonds is 12. The van der Waals surface area contributed by atoms with Gasteiger partial charge in [0.1, 0.15) is 6.04 Å². The summed E-state index contributed by atoms with van der Waals surface area (Å²) in [5.74, 6) is -3.69. The summed E-state index contributed by atoms with van der Waals surface area (Å²) < 4.78 is 31.7. The first-order valence-electron chi connectivity index (χ1n) is 13.2.